The number of carbonyl (C=O) groups excluding carboxylic acids is 1. The molecule has 1 aliphatic rings. The monoisotopic (exact) mass is 436 g/mol. The van der Waals surface area contributed by atoms with Crippen molar-refractivity contribution in [2.45, 2.75) is 37.6 Å². The van der Waals surface area contributed by atoms with Crippen molar-refractivity contribution >= 4 is 37.5 Å². The van der Waals surface area contributed by atoms with Crippen LogP contribution in [0.4, 0.5) is 5.69 Å². The van der Waals surface area contributed by atoms with E-state index in [2.05, 4.69) is 21.2 Å². The zero-order chi connectivity index (χ0) is 18.9. The third-order valence-corrected chi connectivity index (χ3v) is 7.02. The summed E-state index contributed by atoms with van der Waals surface area (Å²) >= 11 is 3.31. The molecule has 1 saturated heterocycles. The number of anilines is 1. The van der Waals surface area contributed by atoms with Crippen LogP contribution < -0.4 is 5.32 Å². The fraction of sp³-hybridized carbons (Fsp3) is 0.316. The highest BCUT2D eigenvalue weighted by Crippen LogP contribution is 2.28. The fourth-order valence-electron chi connectivity index (χ4n) is 3.20. The van der Waals surface area contributed by atoms with Crippen LogP contribution in [0.5, 0.6) is 0 Å². The molecule has 0 radical (unpaired) electrons. The molecule has 3 rings (SSSR count). The van der Waals surface area contributed by atoms with Crippen LogP contribution in [0.25, 0.3) is 0 Å². The van der Waals surface area contributed by atoms with Crippen molar-refractivity contribution in [1.82, 2.24) is 4.31 Å². The predicted octanol–water partition coefficient (Wildman–Crippen LogP) is 3.86. The lowest BCUT2D eigenvalue weighted by Crippen LogP contribution is -2.43. The first kappa shape index (κ1) is 19.1. The van der Waals surface area contributed by atoms with E-state index in [1.165, 1.54) is 4.31 Å². The molecule has 1 fully saturated rings. The molecule has 26 heavy (non-hydrogen) atoms. The van der Waals surface area contributed by atoms with Gasteiger partial charge in [0.2, 0.25) is 15.9 Å². The summed E-state index contributed by atoms with van der Waals surface area (Å²) in [7, 11) is -3.71. The van der Waals surface area contributed by atoms with Gasteiger partial charge < -0.3 is 5.32 Å². The molecule has 0 aromatic heterocycles. The number of amides is 1. The lowest BCUT2D eigenvalue weighted by molar-refractivity contribution is -0.119. The Morgan fingerprint density at radius 2 is 1.85 bits per heavy atom. The second-order valence-corrected chi connectivity index (χ2v) is 9.34. The number of benzene rings is 2. The summed E-state index contributed by atoms with van der Waals surface area (Å²) in [6, 6.07) is 11.6. The van der Waals surface area contributed by atoms with Gasteiger partial charge in [0.05, 0.1) is 4.90 Å². The van der Waals surface area contributed by atoms with E-state index in [1.54, 1.807) is 24.3 Å². The van der Waals surface area contributed by atoms with Crippen molar-refractivity contribution < 1.29 is 13.2 Å². The summed E-state index contributed by atoms with van der Waals surface area (Å²) in [6.07, 6.45) is 1.19. The van der Waals surface area contributed by atoms with Gasteiger partial charge in [0, 0.05) is 16.7 Å². The molecule has 1 atom stereocenters. The maximum absolute atomic E-state index is 13.0. The Kier molecular flexibility index (Phi) is 5.50. The lowest BCUT2D eigenvalue weighted by atomic mass is 10.1. The van der Waals surface area contributed by atoms with Gasteiger partial charge in [-0.2, -0.15) is 4.31 Å². The number of sulfonamides is 1. The van der Waals surface area contributed by atoms with Crippen molar-refractivity contribution in [3.05, 3.63) is 58.1 Å². The molecule has 0 aliphatic carbocycles. The number of halogens is 1. The van der Waals surface area contributed by atoms with E-state index in [0.29, 0.717) is 25.1 Å². The topological polar surface area (TPSA) is 66.5 Å². The molecule has 1 N–H and O–H groups in total. The number of carbonyl (C=O) groups is 1. The summed E-state index contributed by atoms with van der Waals surface area (Å²) in [5.74, 6) is -0.282. The molecule has 2 aromatic rings. The van der Waals surface area contributed by atoms with Crippen LogP contribution in [0.3, 0.4) is 0 Å². The number of hydrogen-bond acceptors (Lipinski definition) is 3. The van der Waals surface area contributed by atoms with Crippen molar-refractivity contribution in [2.75, 3.05) is 11.9 Å². The highest BCUT2D eigenvalue weighted by atomic mass is 79.9. The van der Waals surface area contributed by atoms with Crippen molar-refractivity contribution in [1.29, 1.82) is 0 Å². The molecule has 0 saturated carbocycles. The maximum atomic E-state index is 13.0. The van der Waals surface area contributed by atoms with Gasteiger partial charge >= 0.3 is 0 Å². The molecule has 1 aliphatic heterocycles. The molecule has 7 heteroatoms. The molecule has 5 nitrogen and oxygen atoms in total. The summed E-state index contributed by atoms with van der Waals surface area (Å²) < 4.78 is 28.0. The Morgan fingerprint density at radius 3 is 2.50 bits per heavy atom. The largest absolute Gasteiger partial charge is 0.324 e. The number of nitrogens with one attached hydrogen (secondary N) is 1. The van der Waals surface area contributed by atoms with Gasteiger partial charge in [-0.3, -0.25) is 4.79 Å². The first-order valence-electron chi connectivity index (χ1n) is 8.44. The van der Waals surface area contributed by atoms with E-state index in [1.807, 2.05) is 32.0 Å². The molecule has 1 amide bonds. The zero-order valence-corrected chi connectivity index (χ0v) is 17.1. The SMILES string of the molecule is Cc1ccc(NC(=O)[C@H]2CCCN2S(=O)(=O)c2ccc(Br)cc2)c(C)c1. The summed E-state index contributed by atoms with van der Waals surface area (Å²) in [5, 5.41) is 2.89. The number of aryl methyl sites for hydroxylation is 2. The first-order valence-corrected chi connectivity index (χ1v) is 10.7. The zero-order valence-electron chi connectivity index (χ0n) is 14.7. The van der Waals surface area contributed by atoms with E-state index in [0.717, 1.165) is 15.6 Å². The van der Waals surface area contributed by atoms with E-state index < -0.39 is 16.1 Å². The van der Waals surface area contributed by atoms with Gasteiger partial charge in [0.15, 0.2) is 0 Å². The molecular weight excluding hydrogens is 416 g/mol. The number of nitrogens with zero attached hydrogens (tertiary/aromatic N) is 1. The van der Waals surface area contributed by atoms with Crippen LogP contribution in [0.2, 0.25) is 0 Å². The Balaban J connectivity index is 1.83. The molecule has 0 unspecified atom stereocenters. The normalized spacial score (nSPS) is 18.0. The molecule has 138 valence electrons. The van der Waals surface area contributed by atoms with E-state index >= 15 is 0 Å². The van der Waals surface area contributed by atoms with Gasteiger partial charge in [0.1, 0.15) is 6.04 Å². The second kappa shape index (κ2) is 7.50. The van der Waals surface area contributed by atoms with Crippen LogP contribution in [0.15, 0.2) is 51.8 Å². The van der Waals surface area contributed by atoms with Gasteiger partial charge in [-0.25, -0.2) is 8.42 Å². The molecule has 2 aromatic carbocycles. The average molecular weight is 437 g/mol. The lowest BCUT2D eigenvalue weighted by Gasteiger charge is -2.24. The molecular formula is C19H21BrN2O3S. The first-order chi connectivity index (χ1) is 12.3. The maximum Gasteiger partial charge on any atom is 0.243 e. The summed E-state index contributed by atoms with van der Waals surface area (Å²) in [6.45, 7) is 4.26. The van der Waals surface area contributed by atoms with Crippen molar-refractivity contribution in [3.8, 4) is 0 Å². The van der Waals surface area contributed by atoms with Crippen LogP contribution in [0, 0.1) is 13.8 Å². The van der Waals surface area contributed by atoms with Gasteiger partial charge in [-0.1, -0.05) is 33.6 Å². The minimum atomic E-state index is -3.71. The highest BCUT2D eigenvalue weighted by Gasteiger charge is 2.39. The van der Waals surface area contributed by atoms with Gasteiger partial charge in [-0.05, 0) is 62.6 Å². The number of rotatable bonds is 4. The molecule has 0 spiro atoms. The van der Waals surface area contributed by atoms with Crippen LogP contribution in [-0.4, -0.2) is 31.2 Å². The minimum Gasteiger partial charge on any atom is -0.324 e. The quantitative estimate of drug-likeness (QED) is 0.790. The predicted molar refractivity (Wildman–Crippen MR) is 106 cm³/mol. The Bertz CT molecular complexity index is 926. The standard InChI is InChI=1S/C19H21BrN2O3S/c1-13-5-10-17(14(2)12-13)21-19(23)18-4-3-11-22(18)26(24,25)16-8-6-15(20)7-9-16/h5-10,12,18H,3-4,11H2,1-2H3,(H,21,23)/t18-/m1/s1. The molecule has 1 heterocycles. The van der Waals surface area contributed by atoms with Crippen molar-refractivity contribution in [2.24, 2.45) is 0 Å². The molecule has 0 bridgehead atoms. The fourth-order valence-corrected chi connectivity index (χ4v) is 5.12. The van der Waals surface area contributed by atoms with E-state index in [9.17, 15) is 13.2 Å². The van der Waals surface area contributed by atoms with Gasteiger partial charge in [0.25, 0.3) is 0 Å². The minimum absolute atomic E-state index is 0.201. The third-order valence-electron chi connectivity index (χ3n) is 4.57. The second-order valence-electron chi connectivity index (χ2n) is 6.54. The number of hydrogen-bond donors (Lipinski definition) is 1. The van der Waals surface area contributed by atoms with Crippen LogP contribution >= 0.6 is 15.9 Å². The Morgan fingerprint density at radius 1 is 1.15 bits per heavy atom. The average Bonchev–Trinajstić information content (AvgIpc) is 3.08. The van der Waals surface area contributed by atoms with E-state index in [-0.39, 0.29) is 10.8 Å². The van der Waals surface area contributed by atoms with Crippen LogP contribution in [0.1, 0.15) is 24.0 Å². The van der Waals surface area contributed by atoms with Crippen molar-refractivity contribution in [3.63, 3.8) is 0 Å². The Hall–Kier alpha value is -1.70. The van der Waals surface area contributed by atoms with E-state index in [4.69, 9.17) is 0 Å². The Labute approximate surface area is 162 Å². The smallest absolute Gasteiger partial charge is 0.243 e. The van der Waals surface area contributed by atoms with Crippen LogP contribution in [-0.2, 0) is 14.8 Å². The summed E-state index contributed by atoms with van der Waals surface area (Å²) in [5.41, 5.74) is 2.79. The third kappa shape index (κ3) is 3.84. The van der Waals surface area contributed by atoms with Gasteiger partial charge in [-0.15, -0.1) is 0 Å². The summed E-state index contributed by atoms with van der Waals surface area (Å²) in [4.78, 5) is 13.0. The highest BCUT2D eigenvalue weighted by molar-refractivity contribution is 9.10.